The van der Waals surface area contributed by atoms with Crippen LogP contribution in [0.25, 0.3) is 0 Å². The number of esters is 1. The molecule has 3 rings (SSSR count). The molecule has 1 amide bonds. The van der Waals surface area contributed by atoms with Crippen LogP contribution in [0.15, 0.2) is 57.7 Å². The lowest BCUT2D eigenvalue weighted by molar-refractivity contribution is -0.136. The monoisotopic (exact) mass is 399 g/mol. The van der Waals surface area contributed by atoms with E-state index in [9.17, 15) is 9.59 Å². The molecule has 0 radical (unpaired) electrons. The highest BCUT2D eigenvalue weighted by Gasteiger charge is 2.40. The molecule has 1 aromatic carbocycles. The Labute approximate surface area is 169 Å². The molecular formula is C21H25N3O3S. The molecule has 0 spiro atoms. The molecule has 0 unspecified atom stereocenters. The van der Waals surface area contributed by atoms with E-state index in [2.05, 4.69) is 24.2 Å². The van der Waals surface area contributed by atoms with Gasteiger partial charge < -0.3 is 15.0 Å². The van der Waals surface area contributed by atoms with Crippen LogP contribution in [0.2, 0.25) is 0 Å². The number of thioether (sulfide) groups is 1. The molecule has 0 bridgehead atoms. The topological polar surface area (TPSA) is 71.0 Å². The van der Waals surface area contributed by atoms with Gasteiger partial charge in [-0.3, -0.25) is 4.79 Å². The lowest BCUT2D eigenvalue weighted by Crippen LogP contribution is -2.38. The SMILES string of the molecule is COC(=O)C1=C(C)N=C2SC=C(CC(=O)NCC(C)C)N2[C@H]1c1ccccc1. The normalized spacial score (nSPS) is 18.6. The van der Waals surface area contributed by atoms with Gasteiger partial charge in [-0.1, -0.05) is 55.9 Å². The predicted molar refractivity (Wildman–Crippen MR) is 111 cm³/mol. The molecular weight excluding hydrogens is 374 g/mol. The van der Waals surface area contributed by atoms with Gasteiger partial charge in [0, 0.05) is 12.2 Å². The Morgan fingerprint density at radius 1 is 1.29 bits per heavy atom. The van der Waals surface area contributed by atoms with Gasteiger partial charge in [-0.2, -0.15) is 0 Å². The smallest absolute Gasteiger partial charge is 0.338 e. The van der Waals surface area contributed by atoms with Gasteiger partial charge in [-0.05, 0) is 23.8 Å². The molecule has 0 saturated heterocycles. The van der Waals surface area contributed by atoms with E-state index in [0.717, 1.165) is 16.4 Å². The minimum atomic E-state index is -0.408. The van der Waals surface area contributed by atoms with Gasteiger partial charge in [-0.25, -0.2) is 9.79 Å². The number of nitrogens with zero attached hydrogens (tertiary/aromatic N) is 2. The third kappa shape index (κ3) is 4.14. The zero-order valence-corrected chi connectivity index (χ0v) is 17.4. The highest BCUT2D eigenvalue weighted by Crippen LogP contribution is 2.44. The first-order valence-electron chi connectivity index (χ1n) is 9.26. The van der Waals surface area contributed by atoms with E-state index >= 15 is 0 Å². The first-order valence-corrected chi connectivity index (χ1v) is 10.1. The van der Waals surface area contributed by atoms with Crippen molar-refractivity contribution >= 4 is 28.8 Å². The number of hydrogen-bond donors (Lipinski definition) is 1. The molecule has 2 heterocycles. The maximum absolute atomic E-state index is 12.6. The van der Waals surface area contributed by atoms with Crippen LogP contribution >= 0.6 is 11.8 Å². The van der Waals surface area contributed by atoms with Crippen molar-refractivity contribution in [2.24, 2.45) is 10.9 Å². The summed E-state index contributed by atoms with van der Waals surface area (Å²) in [5, 5.41) is 5.66. The highest BCUT2D eigenvalue weighted by molar-refractivity contribution is 8.16. The Hall–Kier alpha value is -2.54. The molecule has 0 aliphatic carbocycles. The number of nitrogens with one attached hydrogen (secondary N) is 1. The largest absolute Gasteiger partial charge is 0.466 e. The molecule has 0 saturated carbocycles. The van der Waals surface area contributed by atoms with E-state index in [4.69, 9.17) is 4.74 Å². The summed E-state index contributed by atoms with van der Waals surface area (Å²) < 4.78 is 5.04. The number of amidine groups is 1. The van der Waals surface area contributed by atoms with Crippen LogP contribution in [0.5, 0.6) is 0 Å². The average molecular weight is 400 g/mol. The number of methoxy groups -OCH3 is 1. The number of ether oxygens (including phenoxy) is 1. The molecule has 1 atom stereocenters. The van der Waals surface area contributed by atoms with Gasteiger partial charge in [-0.15, -0.1) is 0 Å². The van der Waals surface area contributed by atoms with Crippen LogP contribution < -0.4 is 5.32 Å². The third-order valence-corrected chi connectivity index (χ3v) is 5.46. The van der Waals surface area contributed by atoms with Crippen LogP contribution in [0, 0.1) is 5.92 Å². The quantitative estimate of drug-likeness (QED) is 0.740. The third-order valence-electron chi connectivity index (χ3n) is 4.57. The number of aliphatic imine (C=N–C) groups is 1. The summed E-state index contributed by atoms with van der Waals surface area (Å²) in [6, 6.07) is 9.39. The predicted octanol–water partition coefficient (Wildman–Crippen LogP) is 3.60. The molecule has 0 fully saturated rings. The van der Waals surface area contributed by atoms with Crippen molar-refractivity contribution in [2.75, 3.05) is 13.7 Å². The van der Waals surface area contributed by atoms with Gasteiger partial charge in [0.2, 0.25) is 5.91 Å². The minimum absolute atomic E-state index is 0.0421. The summed E-state index contributed by atoms with van der Waals surface area (Å²) in [5.41, 5.74) is 2.91. The zero-order valence-electron chi connectivity index (χ0n) is 16.6. The Morgan fingerprint density at radius 3 is 2.64 bits per heavy atom. The number of hydrogen-bond acceptors (Lipinski definition) is 6. The molecule has 6 nitrogen and oxygen atoms in total. The summed E-state index contributed by atoms with van der Waals surface area (Å²) in [6.45, 7) is 6.57. The summed E-state index contributed by atoms with van der Waals surface area (Å²) in [6.07, 6.45) is 0.232. The molecule has 2 aliphatic heterocycles. The van der Waals surface area contributed by atoms with Crippen LogP contribution in [-0.4, -0.2) is 35.6 Å². The summed E-state index contributed by atoms with van der Waals surface area (Å²) in [4.78, 5) is 31.6. The van der Waals surface area contributed by atoms with Crippen molar-refractivity contribution in [1.29, 1.82) is 0 Å². The van der Waals surface area contributed by atoms with E-state index < -0.39 is 5.97 Å². The Bertz CT molecular complexity index is 859. The number of amides is 1. The molecule has 7 heteroatoms. The van der Waals surface area contributed by atoms with Crippen molar-refractivity contribution < 1.29 is 14.3 Å². The fraction of sp³-hybridized carbons (Fsp3) is 0.381. The zero-order chi connectivity index (χ0) is 20.3. The van der Waals surface area contributed by atoms with E-state index in [1.54, 1.807) is 0 Å². The highest BCUT2D eigenvalue weighted by atomic mass is 32.2. The second kappa shape index (κ2) is 8.65. The van der Waals surface area contributed by atoms with Crippen LogP contribution in [0.1, 0.15) is 38.8 Å². The second-order valence-electron chi connectivity index (χ2n) is 7.17. The number of benzene rings is 1. The van der Waals surface area contributed by atoms with Gasteiger partial charge >= 0.3 is 5.97 Å². The molecule has 0 aromatic heterocycles. The molecule has 28 heavy (non-hydrogen) atoms. The van der Waals surface area contributed by atoms with E-state index in [1.165, 1.54) is 18.9 Å². The van der Waals surface area contributed by atoms with Crippen LogP contribution in [0.3, 0.4) is 0 Å². The van der Waals surface area contributed by atoms with Crippen molar-refractivity contribution in [3.63, 3.8) is 0 Å². The second-order valence-corrected chi connectivity index (χ2v) is 8.01. The number of rotatable bonds is 6. The Morgan fingerprint density at radius 2 is 2.00 bits per heavy atom. The van der Waals surface area contributed by atoms with Crippen molar-refractivity contribution in [3.05, 3.63) is 58.3 Å². The summed E-state index contributed by atoms with van der Waals surface area (Å²) >= 11 is 1.47. The van der Waals surface area contributed by atoms with Gasteiger partial charge in [0.25, 0.3) is 0 Å². The molecule has 2 aliphatic rings. The number of allylic oxidation sites excluding steroid dienone is 1. The van der Waals surface area contributed by atoms with Crippen molar-refractivity contribution in [3.8, 4) is 0 Å². The molecule has 1 N–H and O–H groups in total. The Kier molecular flexibility index (Phi) is 6.24. The van der Waals surface area contributed by atoms with Gasteiger partial charge in [0.1, 0.15) is 0 Å². The summed E-state index contributed by atoms with van der Waals surface area (Å²) in [7, 11) is 1.37. The van der Waals surface area contributed by atoms with Crippen LogP contribution in [0.4, 0.5) is 0 Å². The number of carbonyl (C=O) groups is 2. The van der Waals surface area contributed by atoms with E-state index in [0.29, 0.717) is 23.7 Å². The van der Waals surface area contributed by atoms with Crippen molar-refractivity contribution in [2.45, 2.75) is 33.2 Å². The first kappa shape index (κ1) is 20.2. The lowest BCUT2D eigenvalue weighted by atomic mass is 9.94. The lowest BCUT2D eigenvalue weighted by Gasteiger charge is -2.36. The van der Waals surface area contributed by atoms with Crippen molar-refractivity contribution in [1.82, 2.24) is 10.2 Å². The van der Waals surface area contributed by atoms with E-state index in [-0.39, 0.29) is 18.4 Å². The number of carbonyl (C=O) groups excluding carboxylic acids is 2. The maximum Gasteiger partial charge on any atom is 0.338 e. The fourth-order valence-electron chi connectivity index (χ4n) is 3.24. The average Bonchev–Trinajstić information content (AvgIpc) is 3.07. The minimum Gasteiger partial charge on any atom is -0.466 e. The van der Waals surface area contributed by atoms with Crippen LogP contribution in [-0.2, 0) is 14.3 Å². The van der Waals surface area contributed by atoms with E-state index in [1.807, 2.05) is 47.6 Å². The van der Waals surface area contributed by atoms with Gasteiger partial charge in [0.05, 0.1) is 30.8 Å². The molecule has 1 aromatic rings. The fourth-order valence-corrected chi connectivity index (χ4v) is 4.20. The standard InChI is InChI=1S/C21H25N3O3S/c1-13(2)11-22-17(25)10-16-12-28-21-23-14(3)18(20(26)27-4)19(24(16)21)15-8-6-5-7-9-15/h5-9,12-13,19H,10-11H2,1-4H3,(H,22,25)/t19-/m0/s1. The first-order chi connectivity index (χ1) is 13.4. The summed E-state index contributed by atoms with van der Waals surface area (Å²) in [5.74, 6) is -0.0641. The number of fused-ring (bicyclic) bond motifs is 1. The maximum atomic E-state index is 12.6. The Balaban J connectivity index is 1.95. The van der Waals surface area contributed by atoms with Gasteiger partial charge in [0.15, 0.2) is 5.17 Å². The molecule has 148 valence electrons.